The molecule has 0 unspecified atom stereocenters. The zero-order valence-corrected chi connectivity index (χ0v) is 20.4. The number of nitrogens with zero attached hydrogens (tertiary/aromatic N) is 4. The highest BCUT2D eigenvalue weighted by atomic mass is 35.5. The minimum absolute atomic E-state index is 0. The van der Waals surface area contributed by atoms with Crippen LogP contribution in [-0.2, 0) is 6.18 Å². The van der Waals surface area contributed by atoms with Crippen molar-refractivity contribution in [1.82, 2.24) is 14.3 Å². The van der Waals surface area contributed by atoms with E-state index in [0.717, 1.165) is 55.0 Å². The molecule has 184 valence electrons. The summed E-state index contributed by atoms with van der Waals surface area (Å²) in [5.74, 6) is 0.747. The van der Waals surface area contributed by atoms with Crippen LogP contribution in [0, 0.1) is 11.3 Å². The van der Waals surface area contributed by atoms with E-state index < -0.39 is 11.7 Å². The Balaban J connectivity index is 0.00000342. The molecule has 4 rings (SSSR count). The smallest absolute Gasteiger partial charge is 0.371 e. The van der Waals surface area contributed by atoms with Gasteiger partial charge in [-0.1, -0.05) is 38.1 Å². The van der Waals surface area contributed by atoms with Crippen LogP contribution in [0.1, 0.15) is 31.4 Å². The average Bonchev–Trinajstić information content (AvgIpc) is 3.23. The molecule has 2 aromatic carbocycles. The minimum atomic E-state index is -4.42. The number of anilines is 1. The van der Waals surface area contributed by atoms with Gasteiger partial charge >= 0.3 is 6.18 Å². The lowest BCUT2D eigenvalue weighted by atomic mass is 10.00. The van der Waals surface area contributed by atoms with Gasteiger partial charge in [0.2, 0.25) is 0 Å². The van der Waals surface area contributed by atoms with Crippen LogP contribution in [0.3, 0.4) is 0 Å². The first-order valence-electron chi connectivity index (χ1n) is 11.4. The molecule has 0 aliphatic heterocycles. The van der Waals surface area contributed by atoms with Crippen LogP contribution in [-0.4, -0.2) is 40.5 Å². The maximum absolute atomic E-state index is 13.1. The van der Waals surface area contributed by atoms with Gasteiger partial charge in [0.15, 0.2) is 5.65 Å². The number of hydrogen-bond acceptors (Lipinski definition) is 4. The largest absolute Gasteiger partial charge is 0.416 e. The van der Waals surface area contributed by atoms with E-state index in [-0.39, 0.29) is 12.4 Å². The lowest BCUT2D eigenvalue weighted by Gasteiger charge is -2.19. The van der Waals surface area contributed by atoms with E-state index in [4.69, 9.17) is 0 Å². The number of alkyl halides is 3. The summed E-state index contributed by atoms with van der Waals surface area (Å²) in [5.41, 5.74) is 2.76. The third-order valence-electron chi connectivity index (χ3n) is 6.06. The topological polar surface area (TPSA) is 56.4 Å². The van der Waals surface area contributed by atoms with Gasteiger partial charge < -0.3 is 10.2 Å². The second-order valence-electron chi connectivity index (χ2n) is 8.07. The molecule has 0 saturated heterocycles. The van der Waals surface area contributed by atoms with E-state index in [1.807, 2.05) is 34.7 Å². The SMILES string of the molecule is CCN(CC)CCCNc1cc(-c2ccc(C(F)(F)F)cc2)c(C#N)c2nc3ccccc3n12.Cl. The highest BCUT2D eigenvalue weighted by Crippen LogP contribution is 2.35. The first-order chi connectivity index (χ1) is 16.4. The van der Waals surface area contributed by atoms with E-state index in [2.05, 4.69) is 35.1 Å². The quantitative estimate of drug-likeness (QED) is 0.276. The monoisotopic (exact) mass is 501 g/mol. The summed E-state index contributed by atoms with van der Waals surface area (Å²) in [4.78, 5) is 7.03. The van der Waals surface area contributed by atoms with Gasteiger partial charge in [-0.15, -0.1) is 12.4 Å². The van der Waals surface area contributed by atoms with E-state index in [1.54, 1.807) is 0 Å². The normalized spacial score (nSPS) is 11.6. The molecule has 5 nitrogen and oxygen atoms in total. The molecule has 0 amide bonds. The van der Waals surface area contributed by atoms with Crippen molar-refractivity contribution >= 4 is 34.9 Å². The van der Waals surface area contributed by atoms with Gasteiger partial charge in [0.05, 0.1) is 16.6 Å². The van der Waals surface area contributed by atoms with Gasteiger partial charge in [0.1, 0.15) is 17.5 Å². The van der Waals surface area contributed by atoms with Crippen molar-refractivity contribution in [3.63, 3.8) is 0 Å². The van der Waals surface area contributed by atoms with Crippen LogP contribution in [0.4, 0.5) is 19.0 Å². The molecule has 9 heteroatoms. The number of pyridine rings is 1. The van der Waals surface area contributed by atoms with Crippen molar-refractivity contribution in [3.8, 4) is 17.2 Å². The first kappa shape index (κ1) is 26.3. The highest BCUT2D eigenvalue weighted by molar-refractivity contribution is 5.89. The fraction of sp³-hybridized carbons (Fsp3) is 0.308. The van der Waals surface area contributed by atoms with E-state index >= 15 is 0 Å². The molecule has 2 heterocycles. The average molecular weight is 502 g/mol. The fourth-order valence-electron chi connectivity index (χ4n) is 4.20. The number of halogens is 4. The van der Waals surface area contributed by atoms with Gasteiger partial charge in [-0.05, 0) is 62.0 Å². The number of fused-ring (bicyclic) bond motifs is 3. The van der Waals surface area contributed by atoms with Gasteiger partial charge in [0.25, 0.3) is 0 Å². The molecule has 2 aromatic heterocycles. The van der Waals surface area contributed by atoms with Crippen molar-refractivity contribution in [3.05, 3.63) is 65.7 Å². The van der Waals surface area contributed by atoms with Crippen LogP contribution in [0.2, 0.25) is 0 Å². The molecule has 1 N–H and O–H groups in total. The molecular formula is C26H27ClF3N5. The number of para-hydroxylation sites is 2. The molecule has 0 atom stereocenters. The number of nitriles is 1. The lowest BCUT2D eigenvalue weighted by Crippen LogP contribution is -2.25. The van der Waals surface area contributed by atoms with Gasteiger partial charge in [-0.2, -0.15) is 18.4 Å². The maximum Gasteiger partial charge on any atom is 0.416 e. The Hall–Kier alpha value is -3.28. The zero-order valence-electron chi connectivity index (χ0n) is 19.6. The van der Waals surface area contributed by atoms with Crippen LogP contribution in [0.5, 0.6) is 0 Å². The fourth-order valence-corrected chi connectivity index (χ4v) is 4.20. The molecule has 0 bridgehead atoms. The standard InChI is InChI=1S/C26H26F3N5.ClH/c1-3-33(4-2)15-7-14-31-24-16-20(18-10-12-19(13-11-18)26(27,28)29)21(17-30)25-32-22-8-5-6-9-23(22)34(24)25;/h5-6,8-13,16,31H,3-4,7,14-15H2,1-2H3;1H. The van der Waals surface area contributed by atoms with Crippen molar-refractivity contribution < 1.29 is 13.2 Å². The summed E-state index contributed by atoms with van der Waals surface area (Å²) >= 11 is 0. The lowest BCUT2D eigenvalue weighted by molar-refractivity contribution is -0.137. The molecule has 0 aliphatic rings. The van der Waals surface area contributed by atoms with Gasteiger partial charge in [-0.25, -0.2) is 4.98 Å². The highest BCUT2D eigenvalue weighted by Gasteiger charge is 2.30. The Labute approximate surface area is 208 Å². The Kier molecular flexibility index (Phi) is 8.26. The van der Waals surface area contributed by atoms with Gasteiger partial charge in [0, 0.05) is 12.1 Å². The summed E-state index contributed by atoms with van der Waals surface area (Å²) in [6.45, 7) is 7.90. The molecule has 0 aliphatic carbocycles. The van der Waals surface area contributed by atoms with Crippen LogP contribution in [0.25, 0.3) is 27.8 Å². The second-order valence-corrected chi connectivity index (χ2v) is 8.07. The molecule has 0 saturated carbocycles. The van der Waals surface area contributed by atoms with E-state index in [9.17, 15) is 18.4 Å². The Bertz CT molecular complexity index is 1340. The number of aromatic nitrogens is 2. The van der Waals surface area contributed by atoms with Crippen molar-refractivity contribution in [1.29, 1.82) is 5.26 Å². The van der Waals surface area contributed by atoms with E-state index in [1.165, 1.54) is 12.1 Å². The summed E-state index contributed by atoms with van der Waals surface area (Å²) in [5, 5.41) is 13.5. The number of nitrogens with one attached hydrogen (secondary N) is 1. The third-order valence-corrected chi connectivity index (χ3v) is 6.06. The van der Waals surface area contributed by atoms with Crippen molar-refractivity contribution in [2.45, 2.75) is 26.4 Å². The molecule has 0 fully saturated rings. The molecule has 35 heavy (non-hydrogen) atoms. The van der Waals surface area contributed by atoms with Crippen LogP contribution in [0.15, 0.2) is 54.6 Å². The predicted molar refractivity (Wildman–Crippen MR) is 136 cm³/mol. The Morgan fingerprint density at radius 2 is 1.74 bits per heavy atom. The molecule has 0 spiro atoms. The zero-order chi connectivity index (χ0) is 24.3. The summed E-state index contributed by atoms with van der Waals surface area (Å²) < 4.78 is 41.1. The maximum atomic E-state index is 13.1. The van der Waals surface area contributed by atoms with Crippen molar-refractivity contribution in [2.24, 2.45) is 0 Å². The van der Waals surface area contributed by atoms with Gasteiger partial charge in [-0.3, -0.25) is 4.40 Å². The molecular weight excluding hydrogens is 475 g/mol. The Morgan fingerprint density at radius 3 is 2.37 bits per heavy atom. The number of benzene rings is 2. The summed E-state index contributed by atoms with van der Waals surface area (Å²) in [6.07, 6.45) is -3.50. The second kappa shape index (κ2) is 11.0. The minimum Gasteiger partial charge on any atom is -0.371 e. The van der Waals surface area contributed by atoms with Crippen LogP contribution >= 0.6 is 12.4 Å². The van der Waals surface area contributed by atoms with Crippen molar-refractivity contribution in [2.75, 3.05) is 31.5 Å². The summed E-state index contributed by atoms with van der Waals surface area (Å²) in [6, 6.07) is 16.6. The third kappa shape index (κ3) is 5.37. The summed E-state index contributed by atoms with van der Waals surface area (Å²) in [7, 11) is 0. The van der Waals surface area contributed by atoms with E-state index in [0.29, 0.717) is 28.9 Å². The number of rotatable bonds is 8. The predicted octanol–water partition coefficient (Wildman–Crippen LogP) is 6.61. The Morgan fingerprint density at radius 1 is 1.06 bits per heavy atom. The molecule has 0 radical (unpaired) electrons. The van der Waals surface area contributed by atoms with Crippen LogP contribution < -0.4 is 5.32 Å². The molecule has 4 aromatic rings. The number of hydrogen-bond donors (Lipinski definition) is 1. The first-order valence-corrected chi connectivity index (χ1v) is 11.4. The number of imidazole rings is 1.